The fourth-order valence-electron chi connectivity index (χ4n) is 2.52. The number of nitrogens with one attached hydrogen (secondary N) is 1. The molecule has 0 aromatic heterocycles. The maximum Gasteiger partial charge on any atom is 0.127 e. The smallest absolute Gasteiger partial charge is 0.127 e. The molecule has 21 heavy (non-hydrogen) atoms. The van der Waals surface area contributed by atoms with Crippen molar-refractivity contribution in [1.82, 2.24) is 5.32 Å². The van der Waals surface area contributed by atoms with Crippen LogP contribution >= 0.6 is 0 Å². The van der Waals surface area contributed by atoms with E-state index in [9.17, 15) is 4.21 Å². The summed E-state index contributed by atoms with van der Waals surface area (Å²) in [5, 5.41) is 3.82. The van der Waals surface area contributed by atoms with Gasteiger partial charge in [0.15, 0.2) is 0 Å². The Morgan fingerprint density at radius 3 is 3.05 bits per heavy atom. The van der Waals surface area contributed by atoms with E-state index in [2.05, 4.69) is 11.4 Å². The Labute approximate surface area is 129 Å². The third-order valence-electron chi connectivity index (χ3n) is 4.00. The summed E-state index contributed by atoms with van der Waals surface area (Å²) >= 11 is 0. The Kier molecular flexibility index (Phi) is 6.06. The molecule has 0 amide bonds. The van der Waals surface area contributed by atoms with Crippen LogP contribution < -0.4 is 14.8 Å². The van der Waals surface area contributed by atoms with E-state index in [-0.39, 0.29) is 5.25 Å². The zero-order valence-corrected chi connectivity index (χ0v) is 13.9. The van der Waals surface area contributed by atoms with Crippen molar-refractivity contribution in [2.24, 2.45) is 0 Å². The lowest BCUT2D eigenvalue weighted by atomic mass is 10.0. The summed E-state index contributed by atoms with van der Waals surface area (Å²) in [5.41, 5.74) is 1.19. The second-order valence-electron chi connectivity index (χ2n) is 5.50. The molecule has 1 aromatic rings. The van der Waals surface area contributed by atoms with Gasteiger partial charge in [0.1, 0.15) is 11.5 Å². The summed E-state index contributed by atoms with van der Waals surface area (Å²) in [7, 11) is 0.916. The van der Waals surface area contributed by atoms with Crippen LogP contribution in [-0.2, 0) is 10.8 Å². The summed E-state index contributed by atoms with van der Waals surface area (Å²) in [4.78, 5) is 0. The van der Waals surface area contributed by atoms with Gasteiger partial charge in [-0.1, -0.05) is 13.0 Å². The van der Waals surface area contributed by atoms with Gasteiger partial charge in [-0.2, -0.15) is 0 Å². The topological polar surface area (TPSA) is 47.6 Å². The third kappa shape index (κ3) is 4.45. The Morgan fingerprint density at radius 2 is 2.33 bits per heavy atom. The van der Waals surface area contributed by atoms with Gasteiger partial charge in [-0.05, 0) is 31.9 Å². The molecule has 5 heteroatoms. The van der Waals surface area contributed by atoms with Gasteiger partial charge in [-0.25, -0.2) is 0 Å². The van der Waals surface area contributed by atoms with Crippen LogP contribution in [0, 0.1) is 0 Å². The van der Waals surface area contributed by atoms with Crippen molar-refractivity contribution in [1.29, 1.82) is 0 Å². The SMILES string of the molecule is COc1ccc2c(c1)OCCCC2NCCC(C)S(C)=O. The second-order valence-corrected chi connectivity index (χ2v) is 7.30. The highest BCUT2D eigenvalue weighted by Gasteiger charge is 2.20. The van der Waals surface area contributed by atoms with Crippen molar-refractivity contribution in [3.05, 3.63) is 23.8 Å². The van der Waals surface area contributed by atoms with Crippen LogP contribution in [0.1, 0.15) is 37.8 Å². The van der Waals surface area contributed by atoms with Gasteiger partial charge in [0.25, 0.3) is 0 Å². The van der Waals surface area contributed by atoms with Gasteiger partial charge in [0, 0.05) is 40.0 Å². The third-order valence-corrected chi connectivity index (χ3v) is 5.37. The van der Waals surface area contributed by atoms with E-state index in [0.29, 0.717) is 6.04 Å². The highest BCUT2D eigenvalue weighted by molar-refractivity contribution is 7.84. The molecule has 0 bridgehead atoms. The van der Waals surface area contributed by atoms with Crippen LogP contribution in [0.5, 0.6) is 11.5 Å². The molecule has 0 radical (unpaired) electrons. The van der Waals surface area contributed by atoms with Crippen LogP contribution in [0.25, 0.3) is 0 Å². The van der Waals surface area contributed by atoms with Crippen molar-refractivity contribution in [3.63, 3.8) is 0 Å². The molecule has 0 saturated heterocycles. The zero-order chi connectivity index (χ0) is 15.2. The summed E-state index contributed by atoms with van der Waals surface area (Å²) in [6.07, 6.45) is 4.78. The fraction of sp³-hybridized carbons (Fsp3) is 0.625. The lowest BCUT2D eigenvalue weighted by Gasteiger charge is -2.19. The quantitative estimate of drug-likeness (QED) is 0.877. The molecule has 3 unspecified atom stereocenters. The predicted octanol–water partition coefficient (Wildman–Crippen LogP) is 2.66. The average molecular weight is 311 g/mol. The van der Waals surface area contributed by atoms with Gasteiger partial charge >= 0.3 is 0 Å². The molecule has 1 aromatic carbocycles. The minimum absolute atomic E-state index is 0.231. The molecule has 118 valence electrons. The number of fused-ring (bicyclic) bond motifs is 1. The maximum atomic E-state index is 11.4. The zero-order valence-electron chi connectivity index (χ0n) is 13.1. The van der Waals surface area contributed by atoms with Crippen LogP contribution in [0.4, 0.5) is 0 Å². The lowest BCUT2D eigenvalue weighted by Crippen LogP contribution is -2.25. The Morgan fingerprint density at radius 1 is 1.52 bits per heavy atom. The van der Waals surface area contributed by atoms with Crippen LogP contribution in [0.2, 0.25) is 0 Å². The molecule has 0 fully saturated rings. The summed E-state index contributed by atoms with van der Waals surface area (Å²) < 4.78 is 22.5. The molecule has 1 N–H and O–H groups in total. The molecule has 3 atom stereocenters. The van der Waals surface area contributed by atoms with E-state index in [1.54, 1.807) is 13.4 Å². The molecule has 1 aliphatic heterocycles. The van der Waals surface area contributed by atoms with Crippen LogP contribution in [0.15, 0.2) is 18.2 Å². The standard InChI is InChI=1S/C16H25NO3S/c1-12(21(3)18)8-9-17-15-5-4-10-20-16-11-13(19-2)6-7-14(15)16/h6-7,11-12,15,17H,4-5,8-10H2,1-3H3. The first-order valence-electron chi connectivity index (χ1n) is 7.48. The molecule has 0 saturated carbocycles. The molecular weight excluding hydrogens is 286 g/mol. The van der Waals surface area contributed by atoms with Gasteiger partial charge in [-0.15, -0.1) is 0 Å². The van der Waals surface area contributed by atoms with Crippen LogP contribution in [0.3, 0.4) is 0 Å². The van der Waals surface area contributed by atoms with E-state index < -0.39 is 10.8 Å². The first-order valence-corrected chi connectivity index (χ1v) is 9.10. The number of rotatable bonds is 6. The Balaban J connectivity index is 2.02. The number of methoxy groups -OCH3 is 1. The Hall–Kier alpha value is -1.07. The monoisotopic (exact) mass is 311 g/mol. The average Bonchev–Trinajstić information content (AvgIpc) is 2.68. The van der Waals surface area contributed by atoms with Gasteiger partial charge in [-0.3, -0.25) is 4.21 Å². The first kappa shape index (κ1) is 16.3. The number of ether oxygens (including phenoxy) is 2. The van der Waals surface area contributed by atoms with E-state index in [4.69, 9.17) is 9.47 Å². The second kappa shape index (κ2) is 7.80. The summed E-state index contributed by atoms with van der Waals surface area (Å²) in [6.45, 7) is 3.65. The molecule has 2 rings (SSSR count). The predicted molar refractivity (Wildman–Crippen MR) is 86.6 cm³/mol. The Bertz CT molecular complexity index is 492. The van der Waals surface area contributed by atoms with E-state index >= 15 is 0 Å². The normalized spacial score (nSPS) is 20.8. The van der Waals surface area contributed by atoms with Crippen molar-refractivity contribution in [2.75, 3.05) is 26.5 Å². The van der Waals surface area contributed by atoms with Gasteiger partial charge in [0.05, 0.1) is 13.7 Å². The fourth-order valence-corrected chi connectivity index (χ4v) is 2.97. The van der Waals surface area contributed by atoms with E-state index in [1.165, 1.54) is 5.56 Å². The summed E-state index contributed by atoms with van der Waals surface area (Å²) in [6, 6.07) is 6.31. The summed E-state index contributed by atoms with van der Waals surface area (Å²) in [5.74, 6) is 1.74. The van der Waals surface area contributed by atoms with Gasteiger partial charge < -0.3 is 14.8 Å². The molecule has 1 aliphatic rings. The number of benzene rings is 1. The van der Waals surface area contributed by atoms with Crippen LogP contribution in [-0.4, -0.2) is 36.0 Å². The number of hydrogen-bond donors (Lipinski definition) is 1. The van der Waals surface area contributed by atoms with Crippen molar-refractivity contribution < 1.29 is 13.7 Å². The highest BCUT2D eigenvalue weighted by Crippen LogP contribution is 2.34. The molecule has 1 heterocycles. The minimum atomic E-state index is -0.751. The van der Waals surface area contributed by atoms with Crippen molar-refractivity contribution >= 4 is 10.8 Å². The van der Waals surface area contributed by atoms with Gasteiger partial charge in [0.2, 0.25) is 0 Å². The van der Waals surface area contributed by atoms with E-state index in [0.717, 1.165) is 43.9 Å². The minimum Gasteiger partial charge on any atom is -0.497 e. The lowest BCUT2D eigenvalue weighted by molar-refractivity contribution is 0.313. The largest absolute Gasteiger partial charge is 0.497 e. The first-order chi connectivity index (χ1) is 10.1. The highest BCUT2D eigenvalue weighted by atomic mass is 32.2. The molecule has 0 aliphatic carbocycles. The molecular formula is C16H25NO3S. The molecule has 4 nitrogen and oxygen atoms in total. The van der Waals surface area contributed by atoms with Crippen molar-refractivity contribution in [2.45, 2.75) is 37.5 Å². The van der Waals surface area contributed by atoms with E-state index in [1.807, 2.05) is 19.1 Å². The molecule has 0 spiro atoms. The van der Waals surface area contributed by atoms with Crippen molar-refractivity contribution in [3.8, 4) is 11.5 Å². The maximum absolute atomic E-state index is 11.4. The number of hydrogen-bond acceptors (Lipinski definition) is 4.